The molecule has 0 bridgehead atoms. The number of nitrogens with one attached hydrogen (secondary N) is 1. The Kier molecular flexibility index (Phi) is 6.73. The third-order valence-electron chi connectivity index (χ3n) is 4.17. The molecule has 0 aliphatic heterocycles. The number of rotatable bonds is 9. The smallest absolute Gasteiger partial charge is 0.357 e. The van der Waals surface area contributed by atoms with Gasteiger partial charge in [-0.2, -0.15) is 0 Å². The number of ether oxygens (including phenoxy) is 1. The van der Waals surface area contributed by atoms with Gasteiger partial charge in [0, 0.05) is 5.56 Å². The highest BCUT2D eigenvalue weighted by Gasteiger charge is 2.39. The number of aryl methyl sites for hydroxylation is 1. The first-order chi connectivity index (χ1) is 13.5. The number of fused-ring (bicyclic) bond motifs is 1. The Hall–Kier alpha value is -1.92. The van der Waals surface area contributed by atoms with Gasteiger partial charge in [0.2, 0.25) is 0 Å². The molecular formula is C20H25N2O4PS. The topological polar surface area (TPSA) is 69.7 Å². The lowest BCUT2D eigenvalue weighted by Crippen LogP contribution is -2.16. The van der Waals surface area contributed by atoms with Crippen molar-refractivity contribution in [2.45, 2.75) is 26.6 Å². The molecule has 1 atom stereocenters. The molecule has 1 aromatic heterocycles. The Morgan fingerprint density at radius 3 is 2.54 bits per heavy atom. The molecule has 0 amide bonds. The SMILES string of the molecule is CCOP(=O)(OCC)C(Nc1nc2ccc(C)cc2s1)c1ccccc1OC. The van der Waals surface area contributed by atoms with Crippen molar-refractivity contribution in [1.82, 2.24) is 4.98 Å². The number of aromatic nitrogens is 1. The second-order valence-corrected chi connectivity index (χ2v) is 9.30. The second-order valence-electron chi connectivity index (χ2n) is 6.15. The van der Waals surface area contributed by atoms with Crippen LogP contribution in [0, 0.1) is 6.92 Å². The molecule has 3 aromatic rings. The van der Waals surface area contributed by atoms with E-state index in [0.29, 0.717) is 16.4 Å². The van der Waals surface area contributed by atoms with E-state index in [1.165, 1.54) is 16.9 Å². The van der Waals surface area contributed by atoms with Crippen LogP contribution in [0.5, 0.6) is 5.75 Å². The fraction of sp³-hybridized carbons (Fsp3) is 0.350. The normalized spacial score (nSPS) is 12.9. The Bertz CT molecular complexity index is 981. The molecule has 0 aliphatic carbocycles. The van der Waals surface area contributed by atoms with E-state index in [1.54, 1.807) is 21.0 Å². The van der Waals surface area contributed by atoms with Crippen LogP contribution in [0.1, 0.15) is 30.8 Å². The van der Waals surface area contributed by atoms with Crippen molar-refractivity contribution in [3.05, 3.63) is 53.6 Å². The first kappa shape index (κ1) is 20.8. The summed E-state index contributed by atoms with van der Waals surface area (Å²) in [5, 5.41) is 3.95. The Morgan fingerprint density at radius 2 is 1.86 bits per heavy atom. The first-order valence-corrected chi connectivity index (χ1v) is 11.6. The van der Waals surface area contributed by atoms with Crippen molar-refractivity contribution in [2.24, 2.45) is 0 Å². The van der Waals surface area contributed by atoms with Crippen molar-refractivity contribution >= 4 is 34.3 Å². The van der Waals surface area contributed by atoms with Crippen molar-refractivity contribution in [1.29, 1.82) is 0 Å². The van der Waals surface area contributed by atoms with Crippen LogP contribution in [0.4, 0.5) is 5.13 Å². The summed E-state index contributed by atoms with van der Waals surface area (Å²) in [5.74, 6) is -0.137. The molecule has 0 saturated carbocycles. The van der Waals surface area contributed by atoms with Gasteiger partial charge in [0.25, 0.3) is 0 Å². The van der Waals surface area contributed by atoms with Gasteiger partial charge >= 0.3 is 7.60 Å². The van der Waals surface area contributed by atoms with Crippen LogP contribution >= 0.6 is 18.9 Å². The predicted octanol–water partition coefficient (Wildman–Crippen LogP) is 5.99. The van der Waals surface area contributed by atoms with E-state index in [9.17, 15) is 4.57 Å². The lowest BCUT2D eigenvalue weighted by Gasteiger charge is -2.28. The van der Waals surface area contributed by atoms with Crippen molar-refractivity contribution in [3.8, 4) is 5.75 Å². The Balaban J connectivity index is 2.07. The van der Waals surface area contributed by atoms with Crippen molar-refractivity contribution in [2.75, 3.05) is 25.6 Å². The summed E-state index contributed by atoms with van der Waals surface area (Å²) < 4.78 is 31.5. The summed E-state index contributed by atoms with van der Waals surface area (Å²) in [4.78, 5) is 4.64. The minimum absolute atomic E-state index is 0.268. The van der Waals surface area contributed by atoms with Gasteiger partial charge in [0.1, 0.15) is 5.75 Å². The third kappa shape index (κ3) is 4.39. The average Bonchev–Trinajstić information content (AvgIpc) is 3.08. The van der Waals surface area contributed by atoms with Crippen LogP contribution in [-0.2, 0) is 13.6 Å². The quantitative estimate of drug-likeness (QED) is 0.429. The highest BCUT2D eigenvalue weighted by atomic mass is 32.1. The molecule has 0 spiro atoms. The maximum atomic E-state index is 13.7. The number of thiazole rings is 1. The van der Waals surface area contributed by atoms with Crippen LogP contribution in [0.15, 0.2) is 42.5 Å². The molecule has 3 rings (SSSR count). The van der Waals surface area contributed by atoms with E-state index in [2.05, 4.69) is 16.4 Å². The summed E-state index contributed by atoms with van der Waals surface area (Å²) in [6.07, 6.45) is 0. The van der Waals surface area contributed by atoms with Gasteiger partial charge in [0.15, 0.2) is 10.9 Å². The van der Waals surface area contributed by atoms with Crippen LogP contribution in [0.25, 0.3) is 10.2 Å². The predicted molar refractivity (Wildman–Crippen MR) is 115 cm³/mol. The van der Waals surface area contributed by atoms with E-state index in [-0.39, 0.29) is 13.2 Å². The van der Waals surface area contributed by atoms with Gasteiger partial charge < -0.3 is 19.1 Å². The molecule has 150 valence electrons. The highest BCUT2D eigenvalue weighted by molar-refractivity contribution is 7.54. The van der Waals surface area contributed by atoms with E-state index in [4.69, 9.17) is 13.8 Å². The fourth-order valence-electron chi connectivity index (χ4n) is 2.98. The molecule has 0 saturated heterocycles. The fourth-order valence-corrected chi connectivity index (χ4v) is 5.98. The zero-order valence-corrected chi connectivity index (χ0v) is 18.2. The largest absolute Gasteiger partial charge is 0.496 e. The zero-order valence-electron chi connectivity index (χ0n) is 16.5. The number of nitrogens with zero attached hydrogens (tertiary/aromatic N) is 1. The second kappa shape index (κ2) is 9.05. The standard InChI is InChI=1S/C20H25N2O4PS/c1-5-25-27(23,26-6-2)19(15-9-7-8-10-17(15)24-4)22-20-21-16-12-11-14(3)13-18(16)28-20/h7-13,19H,5-6H2,1-4H3,(H,21,22). The van der Waals surface area contributed by atoms with Crippen LogP contribution < -0.4 is 10.1 Å². The summed E-state index contributed by atoms with van der Waals surface area (Å²) in [6.45, 7) is 6.17. The zero-order chi connectivity index (χ0) is 20.1. The monoisotopic (exact) mass is 420 g/mol. The van der Waals surface area contributed by atoms with Gasteiger partial charge in [-0.25, -0.2) is 4.98 Å². The number of hydrogen-bond acceptors (Lipinski definition) is 7. The third-order valence-corrected chi connectivity index (χ3v) is 7.40. The summed E-state index contributed by atoms with van der Waals surface area (Å²) in [7, 11) is -1.95. The molecule has 1 unspecified atom stereocenters. The lowest BCUT2D eigenvalue weighted by molar-refractivity contribution is 0.213. The lowest BCUT2D eigenvalue weighted by atomic mass is 10.2. The minimum Gasteiger partial charge on any atom is -0.496 e. The van der Waals surface area contributed by atoms with Crippen LogP contribution in [0.2, 0.25) is 0 Å². The van der Waals surface area contributed by atoms with Gasteiger partial charge in [-0.15, -0.1) is 0 Å². The molecular weight excluding hydrogens is 395 g/mol. The Labute approximate surface area is 169 Å². The van der Waals surface area contributed by atoms with Crippen LogP contribution in [-0.4, -0.2) is 25.3 Å². The van der Waals surface area contributed by atoms with E-state index in [1.807, 2.05) is 43.3 Å². The van der Waals surface area contributed by atoms with E-state index in [0.717, 1.165) is 10.2 Å². The molecule has 0 fully saturated rings. The van der Waals surface area contributed by atoms with Gasteiger partial charge in [-0.1, -0.05) is 35.6 Å². The molecule has 0 aliphatic rings. The van der Waals surface area contributed by atoms with Gasteiger partial charge in [0.05, 0.1) is 30.5 Å². The Morgan fingerprint density at radius 1 is 1.14 bits per heavy atom. The molecule has 6 nitrogen and oxygen atoms in total. The number of para-hydroxylation sites is 1. The van der Waals surface area contributed by atoms with Gasteiger partial charge in [-0.05, 0) is 44.5 Å². The molecule has 1 N–H and O–H groups in total. The molecule has 2 aromatic carbocycles. The van der Waals surface area contributed by atoms with Crippen molar-refractivity contribution < 1.29 is 18.3 Å². The highest BCUT2D eigenvalue weighted by Crippen LogP contribution is 2.62. The van der Waals surface area contributed by atoms with E-state index >= 15 is 0 Å². The maximum absolute atomic E-state index is 13.7. The van der Waals surface area contributed by atoms with E-state index < -0.39 is 13.4 Å². The first-order valence-electron chi connectivity index (χ1n) is 9.16. The summed E-state index contributed by atoms with van der Waals surface area (Å²) >= 11 is 1.50. The number of anilines is 1. The number of benzene rings is 2. The van der Waals surface area contributed by atoms with Crippen LogP contribution in [0.3, 0.4) is 0 Å². The summed E-state index contributed by atoms with van der Waals surface area (Å²) in [6, 6.07) is 13.5. The van der Waals surface area contributed by atoms with Crippen molar-refractivity contribution in [3.63, 3.8) is 0 Å². The van der Waals surface area contributed by atoms with Gasteiger partial charge in [-0.3, -0.25) is 4.57 Å². The molecule has 1 heterocycles. The maximum Gasteiger partial charge on any atom is 0.357 e. The number of hydrogen-bond donors (Lipinski definition) is 1. The summed E-state index contributed by atoms with van der Waals surface area (Å²) in [5.41, 5.74) is 2.75. The number of methoxy groups -OCH3 is 1. The minimum atomic E-state index is -3.53. The molecule has 28 heavy (non-hydrogen) atoms. The molecule has 8 heteroatoms. The molecule has 0 radical (unpaired) electrons. The average molecular weight is 420 g/mol.